The molecule has 7 nitrogen and oxygen atoms in total. The molecule has 0 aromatic carbocycles. The molecular weight excluding hydrogens is 291 g/mol. The molecule has 0 amide bonds. The molecule has 1 unspecified atom stereocenters. The Labute approximate surface area is 117 Å². The Balaban J connectivity index is 2.10. The van der Waals surface area contributed by atoms with Crippen LogP contribution in [0.25, 0.3) is 5.52 Å². The minimum Gasteiger partial charge on any atom is -0.394 e. The van der Waals surface area contributed by atoms with Gasteiger partial charge in [0.15, 0.2) is 11.9 Å². The number of nitrogens with two attached hydrogens (primary N) is 1. The van der Waals surface area contributed by atoms with E-state index in [0.29, 0.717) is 5.52 Å². The zero-order chi connectivity index (χ0) is 14.5. The van der Waals surface area contributed by atoms with Crippen LogP contribution in [-0.2, 0) is 4.74 Å². The molecule has 2 aromatic rings. The second-order valence-corrected chi connectivity index (χ2v) is 5.14. The summed E-state index contributed by atoms with van der Waals surface area (Å²) in [5.74, 6) is 0.225. The van der Waals surface area contributed by atoms with E-state index in [4.69, 9.17) is 27.2 Å². The Morgan fingerprint density at radius 1 is 1.55 bits per heavy atom. The molecule has 0 bridgehead atoms. The average Bonchev–Trinajstić information content (AvgIpc) is 2.92. The molecule has 2 aromatic heterocycles. The molecule has 0 aliphatic carbocycles. The molecule has 4 N–H and O–H groups in total. The van der Waals surface area contributed by atoms with Crippen LogP contribution in [-0.4, -0.2) is 48.8 Å². The lowest BCUT2D eigenvalue weighted by atomic mass is 10.1. The van der Waals surface area contributed by atoms with Crippen LogP contribution >= 0.6 is 11.6 Å². The van der Waals surface area contributed by atoms with Gasteiger partial charge in [0.05, 0.1) is 12.3 Å². The smallest absolute Gasteiger partial charge is 0.243 e. The Morgan fingerprint density at radius 3 is 2.95 bits per heavy atom. The largest absolute Gasteiger partial charge is 0.394 e. The summed E-state index contributed by atoms with van der Waals surface area (Å²) in [6, 6.07) is 3.13. The SMILES string of the molecule is Nc1ncnn2c([C@@H]3O[C@H](CO)C(O)[C@]3(F)Cl)ccc12. The Hall–Kier alpha value is -1.48. The van der Waals surface area contributed by atoms with Gasteiger partial charge in [0, 0.05) is 0 Å². The maximum absolute atomic E-state index is 14.5. The lowest BCUT2D eigenvalue weighted by molar-refractivity contribution is -0.0242. The van der Waals surface area contributed by atoms with Crippen molar-refractivity contribution in [3.8, 4) is 0 Å². The van der Waals surface area contributed by atoms with Gasteiger partial charge in [-0.3, -0.25) is 0 Å². The molecule has 0 spiro atoms. The second kappa shape index (κ2) is 4.52. The first-order valence-electron chi connectivity index (χ1n) is 5.87. The maximum Gasteiger partial charge on any atom is 0.243 e. The van der Waals surface area contributed by atoms with Crippen LogP contribution in [0.5, 0.6) is 0 Å². The van der Waals surface area contributed by atoms with E-state index in [1.54, 1.807) is 6.07 Å². The Kier molecular flexibility index (Phi) is 3.05. The first-order chi connectivity index (χ1) is 9.46. The number of halogens is 2. The summed E-state index contributed by atoms with van der Waals surface area (Å²) in [5, 5.41) is 20.2. The number of aromatic nitrogens is 3. The zero-order valence-electron chi connectivity index (χ0n) is 10.1. The highest BCUT2D eigenvalue weighted by Crippen LogP contribution is 2.47. The van der Waals surface area contributed by atoms with Crippen molar-refractivity contribution in [3.63, 3.8) is 0 Å². The number of aliphatic hydroxyl groups is 2. The molecule has 1 fully saturated rings. The number of fused-ring (bicyclic) bond motifs is 1. The van der Waals surface area contributed by atoms with Crippen molar-refractivity contribution in [3.05, 3.63) is 24.2 Å². The molecule has 3 heterocycles. The summed E-state index contributed by atoms with van der Waals surface area (Å²) in [4.78, 5) is 3.82. The van der Waals surface area contributed by atoms with E-state index in [9.17, 15) is 9.50 Å². The van der Waals surface area contributed by atoms with Gasteiger partial charge in [0.1, 0.15) is 24.1 Å². The molecular formula is C11H12ClFN4O3. The Bertz CT molecular complexity index is 650. The number of nitrogens with zero attached hydrogens (tertiary/aromatic N) is 3. The standard InChI is InChI=1S/C11H12ClFN4O3/c12-11(13)8(19)7(3-18)20-9(11)5-1-2-6-10(14)15-4-16-17(5)6/h1-2,4,7-9,18-19H,3H2,(H2,14,15,16)/t7-,8?,9+,11-/m1/s1. The Morgan fingerprint density at radius 2 is 2.30 bits per heavy atom. The summed E-state index contributed by atoms with van der Waals surface area (Å²) >= 11 is 5.75. The molecule has 0 saturated carbocycles. The number of hydrogen-bond acceptors (Lipinski definition) is 6. The van der Waals surface area contributed by atoms with E-state index in [0.717, 1.165) is 0 Å². The van der Waals surface area contributed by atoms with E-state index in [-0.39, 0.29) is 11.5 Å². The fourth-order valence-corrected chi connectivity index (χ4v) is 2.63. The van der Waals surface area contributed by atoms with E-state index >= 15 is 0 Å². The fourth-order valence-electron chi connectivity index (χ4n) is 2.32. The predicted octanol–water partition coefficient (Wildman–Crippen LogP) is 0.00920. The molecule has 1 aliphatic rings. The first kappa shape index (κ1) is 13.5. The molecule has 108 valence electrons. The van der Waals surface area contributed by atoms with Crippen molar-refractivity contribution in [2.75, 3.05) is 12.3 Å². The highest BCUT2D eigenvalue weighted by molar-refractivity contribution is 6.24. The van der Waals surface area contributed by atoms with Gasteiger partial charge >= 0.3 is 0 Å². The summed E-state index contributed by atoms with van der Waals surface area (Å²) in [6.45, 7) is -0.545. The minimum atomic E-state index is -2.57. The molecule has 0 radical (unpaired) electrons. The van der Waals surface area contributed by atoms with Gasteiger partial charge in [-0.05, 0) is 12.1 Å². The first-order valence-corrected chi connectivity index (χ1v) is 6.25. The van der Waals surface area contributed by atoms with Gasteiger partial charge in [0.2, 0.25) is 5.13 Å². The molecule has 9 heteroatoms. The number of anilines is 1. The van der Waals surface area contributed by atoms with E-state index in [2.05, 4.69) is 10.1 Å². The third-order valence-corrected chi connectivity index (χ3v) is 3.79. The molecule has 3 rings (SSSR count). The van der Waals surface area contributed by atoms with Crippen LogP contribution < -0.4 is 5.73 Å². The topological polar surface area (TPSA) is 106 Å². The third-order valence-electron chi connectivity index (χ3n) is 3.37. The van der Waals surface area contributed by atoms with Crippen molar-refractivity contribution in [1.29, 1.82) is 0 Å². The number of nitrogen functional groups attached to an aromatic ring is 1. The quantitative estimate of drug-likeness (QED) is 0.675. The molecule has 1 aliphatic heterocycles. The number of alkyl halides is 2. The van der Waals surface area contributed by atoms with Gasteiger partial charge in [-0.2, -0.15) is 5.10 Å². The van der Waals surface area contributed by atoms with Gasteiger partial charge in [0.25, 0.3) is 0 Å². The van der Waals surface area contributed by atoms with Crippen LogP contribution in [0, 0.1) is 0 Å². The van der Waals surface area contributed by atoms with Gasteiger partial charge in [-0.1, -0.05) is 11.6 Å². The monoisotopic (exact) mass is 302 g/mol. The number of ether oxygens (including phenoxy) is 1. The fraction of sp³-hybridized carbons (Fsp3) is 0.455. The second-order valence-electron chi connectivity index (χ2n) is 4.56. The molecule has 20 heavy (non-hydrogen) atoms. The van der Waals surface area contributed by atoms with Crippen molar-refractivity contribution in [2.24, 2.45) is 0 Å². The third kappa shape index (κ3) is 1.76. The van der Waals surface area contributed by atoms with Crippen LogP contribution in [0.3, 0.4) is 0 Å². The lowest BCUT2D eigenvalue weighted by Crippen LogP contribution is -2.37. The zero-order valence-corrected chi connectivity index (χ0v) is 10.9. The number of aliphatic hydroxyl groups excluding tert-OH is 2. The number of hydrogen-bond donors (Lipinski definition) is 3. The van der Waals surface area contributed by atoms with Crippen molar-refractivity contribution in [2.45, 2.75) is 23.4 Å². The highest BCUT2D eigenvalue weighted by Gasteiger charge is 2.57. The van der Waals surface area contributed by atoms with Gasteiger partial charge < -0.3 is 20.7 Å². The van der Waals surface area contributed by atoms with E-state index in [1.165, 1.54) is 16.9 Å². The average molecular weight is 303 g/mol. The van der Waals surface area contributed by atoms with Crippen LogP contribution in [0.2, 0.25) is 0 Å². The van der Waals surface area contributed by atoms with Crippen LogP contribution in [0.1, 0.15) is 11.8 Å². The normalized spacial score (nSPS) is 33.9. The molecule has 4 atom stereocenters. The van der Waals surface area contributed by atoms with E-state index in [1.807, 2.05) is 0 Å². The van der Waals surface area contributed by atoms with Gasteiger partial charge in [-0.25, -0.2) is 13.9 Å². The number of rotatable bonds is 2. The summed E-state index contributed by atoms with van der Waals surface area (Å²) < 4.78 is 21.1. The van der Waals surface area contributed by atoms with Gasteiger partial charge in [-0.15, -0.1) is 0 Å². The summed E-state index contributed by atoms with van der Waals surface area (Å²) in [6.07, 6.45) is -2.82. The molecule has 1 saturated heterocycles. The van der Waals surface area contributed by atoms with E-state index < -0.39 is 30.0 Å². The van der Waals surface area contributed by atoms with Crippen molar-refractivity contribution >= 4 is 22.9 Å². The predicted molar refractivity (Wildman–Crippen MR) is 67.8 cm³/mol. The highest BCUT2D eigenvalue weighted by atomic mass is 35.5. The maximum atomic E-state index is 14.5. The summed E-state index contributed by atoms with van der Waals surface area (Å²) in [5.41, 5.74) is 6.44. The van der Waals surface area contributed by atoms with Crippen LogP contribution in [0.4, 0.5) is 10.2 Å². The van der Waals surface area contributed by atoms with Crippen LogP contribution in [0.15, 0.2) is 18.5 Å². The van der Waals surface area contributed by atoms with Crippen molar-refractivity contribution in [1.82, 2.24) is 14.6 Å². The minimum absolute atomic E-state index is 0.225. The summed E-state index contributed by atoms with van der Waals surface area (Å²) in [7, 11) is 0. The lowest BCUT2D eigenvalue weighted by Gasteiger charge is -2.20. The van der Waals surface area contributed by atoms with Crippen molar-refractivity contribution < 1.29 is 19.3 Å².